The predicted octanol–water partition coefficient (Wildman–Crippen LogP) is 14.7. The molecule has 60 heavy (non-hydrogen) atoms. The van der Waals surface area contributed by atoms with Crippen LogP contribution in [0.3, 0.4) is 0 Å². The third-order valence-corrected chi connectivity index (χ3v) is 14.7. The summed E-state index contributed by atoms with van der Waals surface area (Å²) in [7, 11) is 0. The number of hydrogen-bond donors (Lipinski definition) is 0. The van der Waals surface area contributed by atoms with Crippen LogP contribution in [0.2, 0.25) is 0 Å². The largest absolute Gasteiger partial charge is 0.248 e. The molecule has 5 aliphatic carbocycles. The van der Waals surface area contributed by atoms with Gasteiger partial charge in [-0.15, -0.1) is 0 Å². The van der Waals surface area contributed by atoms with E-state index in [4.69, 9.17) is 4.98 Å². The first-order chi connectivity index (χ1) is 29.6. The molecular formula is C58H44N2. The Labute approximate surface area is 352 Å². The number of hydrogen-bond acceptors (Lipinski definition) is 2. The highest BCUT2D eigenvalue weighted by Crippen LogP contribution is 2.69. The number of aromatic nitrogens is 1. The Morgan fingerprint density at radius 1 is 0.383 bits per heavy atom. The van der Waals surface area contributed by atoms with Crippen molar-refractivity contribution in [1.29, 1.82) is 5.26 Å². The van der Waals surface area contributed by atoms with E-state index in [1.165, 1.54) is 76.6 Å². The van der Waals surface area contributed by atoms with E-state index in [0.29, 0.717) is 17.4 Å². The number of rotatable bonds is 6. The average molecular weight is 769 g/mol. The van der Waals surface area contributed by atoms with Gasteiger partial charge in [-0.1, -0.05) is 146 Å². The predicted molar refractivity (Wildman–Crippen MR) is 245 cm³/mol. The van der Waals surface area contributed by atoms with Gasteiger partial charge in [0.1, 0.15) is 0 Å². The van der Waals surface area contributed by atoms with Gasteiger partial charge in [-0.2, -0.15) is 5.26 Å². The first-order valence-corrected chi connectivity index (χ1v) is 21.8. The highest BCUT2D eigenvalue weighted by atomic mass is 14.7. The molecule has 1 heterocycles. The van der Waals surface area contributed by atoms with Gasteiger partial charge in [-0.05, 0) is 159 Å². The molecular weight excluding hydrogens is 725 g/mol. The third-order valence-electron chi connectivity index (χ3n) is 14.7. The summed E-state index contributed by atoms with van der Waals surface area (Å²) in [5, 5.41) is 9.76. The zero-order valence-electron chi connectivity index (χ0n) is 33.6. The summed E-state index contributed by atoms with van der Waals surface area (Å²) >= 11 is 0. The van der Waals surface area contributed by atoms with Crippen molar-refractivity contribution in [3.8, 4) is 84.2 Å². The van der Waals surface area contributed by atoms with E-state index < -0.39 is 0 Å². The van der Waals surface area contributed by atoms with Crippen molar-refractivity contribution in [2.45, 2.75) is 37.5 Å². The Kier molecular flexibility index (Phi) is 8.14. The fourth-order valence-corrected chi connectivity index (χ4v) is 12.3. The summed E-state index contributed by atoms with van der Waals surface area (Å²) in [5.41, 5.74) is 20.4. The van der Waals surface area contributed by atoms with E-state index in [1.807, 2.05) is 24.3 Å². The Balaban J connectivity index is 0.957. The molecule has 0 unspecified atom stereocenters. The molecule has 0 N–H and O–H groups in total. The smallest absolute Gasteiger partial charge is 0.0998 e. The first kappa shape index (κ1) is 35.2. The molecule has 0 saturated heterocycles. The molecule has 1 aromatic heterocycles. The molecule has 0 radical (unpaired) electrons. The second-order valence-corrected chi connectivity index (χ2v) is 17.9. The van der Waals surface area contributed by atoms with Crippen LogP contribution in [-0.2, 0) is 5.41 Å². The molecule has 2 nitrogen and oxygen atoms in total. The fourth-order valence-electron chi connectivity index (χ4n) is 12.3. The minimum absolute atomic E-state index is 0.0354. The van der Waals surface area contributed by atoms with Gasteiger partial charge in [0.15, 0.2) is 0 Å². The normalized spacial score (nSPS) is 21.7. The van der Waals surface area contributed by atoms with E-state index in [-0.39, 0.29) is 5.41 Å². The van der Waals surface area contributed by atoms with E-state index in [1.54, 1.807) is 11.1 Å². The minimum atomic E-state index is 0.0354. The van der Waals surface area contributed by atoms with Crippen molar-refractivity contribution < 1.29 is 0 Å². The molecule has 0 atom stereocenters. The summed E-state index contributed by atoms with van der Waals surface area (Å²) < 4.78 is 0. The van der Waals surface area contributed by atoms with Crippen molar-refractivity contribution in [2.75, 3.05) is 0 Å². The van der Waals surface area contributed by atoms with Crippen LogP contribution in [0.25, 0.3) is 78.1 Å². The Morgan fingerprint density at radius 2 is 0.850 bits per heavy atom. The van der Waals surface area contributed by atoms with Gasteiger partial charge < -0.3 is 0 Å². The lowest BCUT2D eigenvalue weighted by Crippen LogP contribution is -2.55. The molecule has 0 aliphatic heterocycles. The topological polar surface area (TPSA) is 36.7 Å². The number of benzene rings is 7. The maximum absolute atomic E-state index is 9.76. The van der Waals surface area contributed by atoms with Crippen LogP contribution in [0.1, 0.15) is 48.8 Å². The number of fused-ring (bicyclic) bond motifs is 3. The minimum Gasteiger partial charge on any atom is -0.248 e. The maximum atomic E-state index is 9.76. The maximum Gasteiger partial charge on any atom is 0.0998 e. The van der Waals surface area contributed by atoms with Crippen LogP contribution in [-0.4, -0.2) is 4.98 Å². The molecule has 4 saturated carbocycles. The highest BCUT2D eigenvalue weighted by Gasteiger charge is 2.61. The van der Waals surface area contributed by atoms with Crippen molar-refractivity contribution in [2.24, 2.45) is 23.7 Å². The van der Waals surface area contributed by atoms with Crippen LogP contribution >= 0.6 is 0 Å². The summed E-state index contributed by atoms with van der Waals surface area (Å²) in [4.78, 5) is 5.16. The molecule has 5 aliphatic rings. The molecule has 7 aromatic carbocycles. The van der Waals surface area contributed by atoms with Gasteiger partial charge >= 0.3 is 0 Å². The quantitative estimate of drug-likeness (QED) is 0.169. The fraction of sp³-hybridized carbons (Fsp3) is 0.172. The van der Waals surface area contributed by atoms with Crippen LogP contribution in [0.15, 0.2) is 182 Å². The van der Waals surface area contributed by atoms with Crippen molar-refractivity contribution in [1.82, 2.24) is 4.98 Å². The summed E-state index contributed by atoms with van der Waals surface area (Å²) in [5.74, 6) is 3.08. The van der Waals surface area contributed by atoms with E-state index in [0.717, 1.165) is 45.5 Å². The van der Waals surface area contributed by atoms with Gasteiger partial charge in [0.25, 0.3) is 0 Å². The standard InChI is InChI=1S/C58H44N2/c59-36-47-14-7-8-17-51(47)40-20-18-39(19-21-40)45-22-24-52-53-25-23-46(33-55(53)58(54(52)32-45)49-27-37-26-38(29-49)30-50(58)28-37)43-15-9-16-44(31-43)48-34-56(41-10-3-1-4-11-41)60-57(35-48)42-12-5-2-6-13-42/h1-25,31-35,37-38,49-50H,26-30H2. The third kappa shape index (κ3) is 5.56. The second kappa shape index (κ2) is 13.9. The van der Waals surface area contributed by atoms with Crippen LogP contribution in [0.5, 0.6) is 0 Å². The summed E-state index contributed by atoms with van der Waals surface area (Å²) in [6.07, 6.45) is 6.82. The Hall–Kier alpha value is -6.82. The van der Waals surface area contributed by atoms with Crippen molar-refractivity contribution in [3.05, 3.63) is 199 Å². The van der Waals surface area contributed by atoms with Gasteiger partial charge in [0, 0.05) is 16.5 Å². The van der Waals surface area contributed by atoms with Crippen LogP contribution in [0.4, 0.5) is 0 Å². The number of nitrogens with zero attached hydrogens (tertiary/aromatic N) is 2. The molecule has 2 heteroatoms. The second-order valence-electron chi connectivity index (χ2n) is 17.9. The van der Waals surface area contributed by atoms with E-state index in [9.17, 15) is 5.26 Å². The first-order valence-electron chi connectivity index (χ1n) is 21.8. The molecule has 8 aromatic rings. The van der Waals surface area contributed by atoms with Gasteiger partial charge in [-0.3, -0.25) is 0 Å². The average Bonchev–Trinajstić information content (AvgIpc) is 3.60. The lowest BCUT2D eigenvalue weighted by molar-refractivity contribution is -0.0399. The molecule has 4 bridgehead atoms. The summed E-state index contributed by atoms with van der Waals surface area (Å²) in [6, 6.07) is 68.7. The Bertz CT molecular complexity index is 2900. The van der Waals surface area contributed by atoms with Gasteiger partial charge in [0.05, 0.1) is 23.0 Å². The lowest BCUT2D eigenvalue weighted by atomic mass is 9.43. The molecule has 13 rings (SSSR count). The SMILES string of the molecule is N#Cc1ccccc1-c1ccc(-c2ccc3c(c2)C2(c4cc(-c5cccc(-c6cc(-c7ccccc7)nc(-c7ccccc7)c6)c5)ccc4-3)C3CC4CC(C3)CC2C4)cc1. The Morgan fingerprint density at radius 3 is 1.43 bits per heavy atom. The molecule has 286 valence electrons. The number of pyridine rings is 1. The monoisotopic (exact) mass is 768 g/mol. The zero-order valence-corrected chi connectivity index (χ0v) is 33.6. The number of nitriles is 1. The molecule has 4 fully saturated rings. The van der Waals surface area contributed by atoms with Gasteiger partial charge in [0.2, 0.25) is 0 Å². The lowest BCUT2D eigenvalue weighted by Gasteiger charge is -2.61. The zero-order chi connectivity index (χ0) is 39.8. The van der Waals surface area contributed by atoms with Crippen molar-refractivity contribution in [3.63, 3.8) is 0 Å². The molecule has 0 amide bonds. The van der Waals surface area contributed by atoms with Crippen LogP contribution < -0.4 is 0 Å². The van der Waals surface area contributed by atoms with Crippen LogP contribution in [0, 0.1) is 35.0 Å². The van der Waals surface area contributed by atoms with Gasteiger partial charge in [-0.25, -0.2) is 4.98 Å². The summed E-state index contributed by atoms with van der Waals surface area (Å²) in [6.45, 7) is 0. The van der Waals surface area contributed by atoms with Crippen molar-refractivity contribution >= 4 is 0 Å². The molecule has 1 spiro atoms. The highest BCUT2D eigenvalue weighted by molar-refractivity contribution is 5.88. The van der Waals surface area contributed by atoms with E-state index in [2.05, 4.69) is 164 Å². The van der Waals surface area contributed by atoms with E-state index >= 15 is 0 Å².